The van der Waals surface area contributed by atoms with Crippen LogP contribution < -0.4 is 10.6 Å². The van der Waals surface area contributed by atoms with Gasteiger partial charge in [0.25, 0.3) is 0 Å². The lowest BCUT2D eigenvalue weighted by atomic mass is 10.1. The highest BCUT2D eigenvalue weighted by Gasteiger charge is 2.31. The van der Waals surface area contributed by atoms with E-state index in [0.29, 0.717) is 23.2 Å². The Morgan fingerprint density at radius 1 is 1.42 bits per heavy atom. The van der Waals surface area contributed by atoms with E-state index in [1.807, 2.05) is 25.4 Å². The lowest BCUT2D eigenvalue weighted by molar-refractivity contribution is 0.265. The fraction of sp³-hybridized carbons (Fsp3) is 0.647. The van der Waals surface area contributed by atoms with Crippen molar-refractivity contribution in [2.24, 2.45) is 10.9 Å². The first-order valence-corrected chi connectivity index (χ1v) is 8.69. The molecule has 0 aliphatic carbocycles. The number of guanidine groups is 1. The van der Waals surface area contributed by atoms with Gasteiger partial charge in [-0.15, -0.1) is 24.0 Å². The molecule has 2 heterocycles. The van der Waals surface area contributed by atoms with Crippen LogP contribution >= 0.6 is 35.6 Å². The van der Waals surface area contributed by atoms with Gasteiger partial charge in [0.15, 0.2) is 5.96 Å². The van der Waals surface area contributed by atoms with Crippen LogP contribution in [-0.2, 0) is 6.42 Å². The van der Waals surface area contributed by atoms with E-state index in [2.05, 4.69) is 46.3 Å². The standard InChI is InChI=1S/C17H28ClN5.HI/c1-12(2)23-10-13(3)15(11-23)22-17(19-4)20-8-7-14-5-6-16(18)21-9-14;/h5-6,9,12-13,15H,7-8,10-11H2,1-4H3,(H2,19,20,22);1H. The van der Waals surface area contributed by atoms with Gasteiger partial charge in [0.05, 0.1) is 0 Å². The molecule has 1 saturated heterocycles. The second-order valence-electron chi connectivity index (χ2n) is 6.51. The number of pyridine rings is 1. The van der Waals surface area contributed by atoms with Crippen LogP contribution in [0.2, 0.25) is 5.15 Å². The maximum absolute atomic E-state index is 5.80. The number of nitrogens with zero attached hydrogens (tertiary/aromatic N) is 3. The van der Waals surface area contributed by atoms with Gasteiger partial charge in [-0.3, -0.25) is 9.89 Å². The third kappa shape index (κ3) is 6.37. The number of nitrogens with one attached hydrogen (secondary N) is 2. The summed E-state index contributed by atoms with van der Waals surface area (Å²) in [5.74, 6) is 1.49. The Morgan fingerprint density at radius 3 is 2.71 bits per heavy atom. The van der Waals surface area contributed by atoms with Crippen LogP contribution in [0.3, 0.4) is 0 Å². The van der Waals surface area contributed by atoms with Crippen molar-refractivity contribution in [3.8, 4) is 0 Å². The van der Waals surface area contributed by atoms with Crippen molar-refractivity contribution in [1.29, 1.82) is 0 Å². The Kier molecular flexibility index (Phi) is 9.30. The van der Waals surface area contributed by atoms with Gasteiger partial charge < -0.3 is 10.6 Å². The number of hydrogen-bond donors (Lipinski definition) is 2. The molecule has 2 rings (SSSR count). The Labute approximate surface area is 167 Å². The molecule has 1 aliphatic rings. The van der Waals surface area contributed by atoms with Gasteiger partial charge in [-0.1, -0.05) is 24.6 Å². The van der Waals surface area contributed by atoms with Crippen LogP contribution in [0.25, 0.3) is 0 Å². The molecular weight excluding hydrogens is 437 g/mol. The second-order valence-corrected chi connectivity index (χ2v) is 6.90. The fourth-order valence-electron chi connectivity index (χ4n) is 2.86. The Bertz CT molecular complexity index is 520. The lowest BCUT2D eigenvalue weighted by Gasteiger charge is -2.22. The van der Waals surface area contributed by atoms with E-state index in [0.717, 1.165) is 37.6 Å². The smallest absolute Gasteiger partial charge is 0.191 e. The number of aromatic nitrogens is 1. The minimum atomic E-state index is 0. The number of aliphatic imine (C=N–C) groups is 1. The van der Waals surface area contributed by atoms with Crippen LogP contribution in [0.4, 0.5) is 0 Å². The van der Waals surface area contributed by atoms with Crippen molar-refractivity contribution >= 4 is 41.5 Å². The molecule has 136 valence electrons. The zero-order chi connectivity index (χ0) is 16.8. The Morgan fingerprint density at radius 2 is 2.17 bits per heavy atom. The first kappa shape index (κ1) is 21.4. The van der Waals surface area contributed by atoms with E-state index in [4.69, 9.17) is 11.6 Å². The van der Waals surface area contributed by atoms with Crippen molar-refractivity contribution in [1.82, 2.24) is 20.5 Å². The van der Waals surface area contributed by atoms with E-state index in [-0.39, 0.29) is 24.0 Å². The molecular formula is C17H29ClIN5. The van der Waals surface area contributed by atoms with Crippen LogP contribution in [0.5, 0.6) is 0 Å². The summed E-state index contributed by atoms with van der Waals surface area (Å²) in [4.78, 5) is 11.0. The maximum Gasteiger partial charge on any atom is 0.191 e. The van der Waals surface area contributed by atoms with E-state index >= 15 is 0 Å². The van der Waals surface area contributed by atoms with Crippen molar-refractivity contribution in [2.75, 3.05) is 26.7 Å². The zero-order valence-corrected chi connectivity index (χ0v) is 18.0. The SMILES string of the molecule is CN=C(NCCc1ccc(Cl)nc1)NC1CN(C(C)C)CC1C.I. The van der Waals surface area contributed by atoms with Crippen molar-refractivity contribution in [2.45, 2.75) is 39.3 Å². The number of likely N-dealkylation sites (tertiary alicyclic amines) is 1. The molecule has 0 radical (unpaired) electrons. The first-order valence-electron chi connectivity index (χ1n) is 8.31. The molecule has 1 aromatic rings. The molecule has 24 heavy (non-hydrogen) atoms. The molecule has 2 unspecified atom stereocenters. The monoisotopic (exact) mass is 465 g/mol. The topological polar surface area (TPSA) is 52.6 Å². The molecule has 7 heteroatoms. The molecule has 1 aromatic heterocycles. The van der Waals surface area contributed by atoms with Crippen LogP contribution in [0.15, 0.2) is 23.3 Å². The Balaban J connectivity index is 0.00000288. The molecule has 0 saturated carbocycles. The summed E-state index contributed by atoms with van der Waals surface area (Å²) < 4.78 is 0. The molecule has 0 bridgehead atoms. The Hall–Kier alpha value is -0.600. The summed E-state index contributed by atoms with van der Waals surface area (Å²) in [6.45, 7) is 9.83. The molecule has 0 aromatic carbocycles. The second kappa shape index (κ2) is 10.4. The summed E-state index contributed by atoms with van der Waals surface area (Å²) in [5, 5.41) is 7.47. The first-order chi connectivity index (χ1) is 11.0. The predicted octanol–water partition coefficient (Wildman–Crippen LogP) is 2.79. The van der Waals surface area contributed by atoms with E-state index in [1.165, 1.54) is 0 Å². The normalized spacial score (nSPS) is 21.7. The average molecular weight is 466 g/mol. The number of hydrogen-bond acceptors (Lipinski definition) is 3. The number of halogens is 2. The van der Waals surface area contributed by atoms with E-state index in [9.17, 15) is 0 Å². The van der Waals surface area contributed by atoms with Gasteiger partial charge in [0, 0.05) is 45.0 Å². The summed E-state index contributed by atoms with van der Waals surface area (Å²) in [6, 6.07) is 4.87. The van der Waals surface area contributed by atoms with Crippen LogP contribution in [-0.4, -0.2) is 54.6 Å². The molecule has 1 aliphatic heterocycles. The van der Waals surface area contributed by atoms with Gasteiger partial charge in [-0.05, 0) is 37.8 Å². The van der Waals surface area contributed by atoms with E-state index in [1.54, 1.807) is 0 Å². The van der Waals surface area contributed by atoms with E-state index < -0.39 is 0 Å². The highest BCUT2D eigenvalue weighted by Crippen LogP contribution is 2.18. The minimum Gasteiger partial charge on any atom is -0.356 e. The third-order valence-electron chi connectivity index (χ3n) is 4.41. The van der Waals surface area contributed by atoms with Gasteiger partial charge in [0.2, 0.25) is 0 Å². The molecule has 0 amide bonds. The molecule has 5 nitrogen and oxygen atoms in total. The average Bonchev–Trinajstić information content (AvgIpc) is 2.89. The van der Waals surface area contributed by atoms with Gasteiger partial charge in [0.1, 0.15) is 5.15 Å². The van der Waals surface area contributed by atoms with Gasteiger partial charge in [-0.2, -0.15) is 0 Å². The molecule has 1 fully saturated rings. The quantitative estimate of drug-likeness (QED) is 0.304. The summed E-state index contributed by atoms with van der Waals surface area (Å²) in [6.07, 6.45) is 2.71. The predicted molar refractivity (Wildman–Crippen MR) is 113 cm³/mol. The lowest BCUT2D eigenvalue weighted by Crippen LogP contribution is -2.47. The maximum atomic E-state index is 5.80. The minimum absolute atomic E-state index is 0. The summed E-state index contributed by atoms with van der Waals surface area (Å²) >= 11 is 5.80. The van der Waals surface area contributed by atoms with Crippen molar-refractivity contribution < 1.29 is 0 Å². The largest absolute Gasteiger partial charge is 0.356 e. The van der Waals surface area contributed by atoms with Crippen molar-refractivity contribution in [3.05, 3.63) is 29.0 Å². The number of rotatable bonds is 5. The third-order valence-corrected chi connectivity index (χ3v) is 4.63. The van der Waals surface area contributed by atoms with Crippen molar-refractivity contribution in [3.63, 3.8) is 0 Å². The molecule has 0 spiro atoms. The van der Waals surface area contributed by atoms with Gasteiger partial charge in [-0.25, -0.2) is 4.98 Å². The van der Waals surface area contributed by atoms with Crippen LogP contribution in [0, 0.1) is 5.92 Å². The van der Waals surface area contributed by atoms with Gasteiger partial charge >= 0.3 is 0 Å². The summed E-state index contributed by atoms with van der Waals surface area (Å²) in [5.41, 5.74) is 1.16. The highest BCUT2D eigenvalue weighted by atomic mass is 127. The molecule has 2 atom stereocenters. The highest BCUT2D eigenvalue weighted by molar-refractivity contribution is 14.0. The van der Waals surface area contributed by atoms with Crippen LogP contribution in [0.1, 0.15) is 26.3 Å². The fourth-order valence-corrected chi connectivity index (χ4v) is 2.98. The molecule has 2 N–H and O–H groups in total. The zero-order valence-electron chi connectivity index (χ0n) is 14.9. The summed E-state index contributed by atoms with van der Waals surface area (Å²) in [7, 11) is 1.82.